The lowest BCUT2D eigenvalue weighted by molar-refractivity contribution is -0.124. The van der Waals surface area contributed by atoms with Crippen LogP contribution in [-0.4, -0.2) is 38.9 Å². The third-order valence-corrected chi connectivity index (χ3v) is 6.11. The minimum Gasteiger partial charge on any atom is -0.496 e. The number of methoxy groups -OCH3 is 1. The van der Waals surface area contributed by atoms with Gasteiger partial charge in [-0.3, -0.25) is 14.4 Å². The molecule has 0 unspecified atom stereocenters. The first-order chi connectivity index (χ1) is 14.0. The molecule has 1 saturated carbocycles. The second-order valence-corrected chi connectivity index (χ2v) is 8.68. The Morgan fingerprint density at radius 2 is 2.14 bits per heavy atom. The average molecular weight is 475 g/mol. The van der Waals surface area contributed by atoms with Crippen molar-refractivity contribution in [2.75, 3.05) is 7.11 Å². The number of hydrogen-bond acceptors (Lipinski definition) is 4. The molecule has 2 aliphatic rings. The minimum absolute atomic E-state index is 0.0322. The Morgan fingerprint density at radius 3 is 2.83 bits per heavy atom. The first-order valence-corrected chi connectivity index (χ1v) is 11.0. The molecule has 2 heterocycles. The van der Waals surface area contributed by atoms with Crippen molar-refractivity contribution in [1.82, 2.24) is 20.0 Å². The second-order valence-electron chi connectivity index (χ2n) is 7.38. The van der Waals surface area contributed by atoms with Crippen molar-refractivity contribution >= 4 is 45.2 Å². The molecule has 152 valence electrons. The van der Waals surface area contributed by atoms with Crippen molar-refractivity contribution in [2.45, 2.75) is 44.7 Å². The quantitative estimate of drug-likeness (QED) is 0.522. The van der Waals surface area contributed by atoms with E-state index in [-0.39, 0.29) is 11.9 Å². The summed E-state index contributed by atoms with van der Waals surface area (Å²) in [5, 5.41) is 7.94. The molecule has 8 heteroatoms. The lowest BCUT2D eigenvalue weighted by Crippen LogP contribution is -2.41. The molecule has 1 amide bonds. The van der Waals surface area contributed by atoms with Crippen LogP contribution in [0, 0.1) is 0 Å². The van der Waals surface area contributed by atoms with Crippen LogP contribution in [0.3, 0.4) is 0 Å². The van der Waals surface area contributed by atoms with Crippen LogP contribution in [0.15, 0.2) is 40.8 Å². The highest BCUT2D eigenvalue weighted by Crippen LogP contribution is 2.28. The summed E-state index contributed by atoms with van der Waals surface area (Å²) in [6.45, 7) is 0.569. The predicted molar refractivity (Wildman–Crippen MR) is 119 cm³/mol. The maximum absolute atomic E-state index is 13.0. The Morgan fingerprint density at radius 1 is 1.34 bits per heavy atom. The van der Waals surface area contributed by atoms with E-state index in [9.17, 15) is 4.79 Å². The molecule has 1 aliphatic carbocycles. The molecule has 2 fully saturated rings. The van der Waals surface area contributed by atoms with Crippen LogP contribution in [0.25, 0.3) is 6.08 Å². The summed E-state index contributed by atoms with van der Waals surface area (Å²) < 4.78 is 8.25. The number of hydrogen-bond donors (Lipinski definition) is 1. The lowest BCUT2D eigenvalue weighted by atomic mass is 9.94. The molecule has 1 N–H and O–H groups in total. The number of thiocarbonyl (C=S) groups is 1. The number of benzene rings is 1. The largest absolute Gasteiger partial charge is 0.496 e. The molecule has 1 aliphatic heterocycles. The molecule has 0 radical (unpaired) electrons. The van der Waals surface area contributed by atoms with Crippen LogP contribution in [-0.2, 0) is 11.3 Å². The Hall–Kier alpha value is -2.19. The van der Waals surface area contributed by atoms with Crippen molar-refractivity contribution in [3.63, 3.8) is 0 Å². The van der Waals surface area contributed by atoms with Crippen LogP contribution >= 0.6 is 28.1 Å². The predicted octanol–water partition coefficient (Wildman–Crippen LogP) is 4.09. The molecular weight excluding hydrogens is 452 g/mol. The first kappa shape index (κ1) is 20.1. The van der Waals surface area contributed by atoms with Gasteiger partial charge in [0.25, 0.3) is 5.91 Å². The van der Waals surface area contributed by atoms with Gasteiger partial charge in [0.1, 0.15) is 11.4 Å². The number of carbonyl (C=O) groups is 1. The Balaban J connectivity index is 1.58. The van der Waals surface area contributed by atoms with Crippen LogP contribution < -0.4 is 10.1 Å². The van der Waals surface area contributed by atoms with E-state index in [2.05, 4.69) is 26.3 Å². The molecular formula is C21H23BrN4O2S. The first-order valence-electron chi connectivity index (χ1n) is 9.76. The molecule has 0 spiro atoms. The summed E-state index contributed by atoms with van der Waals surface area (Å²) in [7, 11) is 1.65. The van der Waals surface area contributed by atoms with Crippen molar-refractivity contribution in [3.05, 3.63) is 51.9 Å². The smallest absolute Gasteiger partial charge is 0.276 e. The van der Waals surface area contributed by atoms with Crippen molar-refractivity contribution < 1.29 is 9.53 Å². The Bertz CT molecular complexity index is 965. The summed E-state index contributed by atoms with van der Waals surface area (Å²) in [5.41, 5.74) is 2.42. The van der Waals surface area contributed by atoms with Crippen molar-refractivity contribution in [1.29, 1.82) is 0 Å². The fourth-order valence-corrected chi connectivity index (χ4v) is 4.67. The molecule has 0 atom stereocenters. The highest BCUT2D eigenvalue weighted by molar-refractivity contribution is 9.10. The third kappa shape index (κ3) is 4.38. The number of halogens is 1. The fourth-order valence-electron chi connectivity index (χ4n) is 4.00. The van der Waals surface area contributed by atoms with E-state index in [0.29, 0.717) is 17.4 Å². The van der Waals surface area contributed by atoms with Crippen LogP contribution in [0.4, 0.5) is 0 Å². The van der Waals surface area contributed by atoms with E-state index >= 15 is 0 Å². The Kier molecular flexibility index (Phi) is 6.01. The van der Waals surface area contributed by atoms with Gasteiger partial charge in [-0.2, -0.15) is 5.10 Å². The van der Waals surface area contributed by atoms with Gasteiger partial charge in [0.15, 0.2) is 5.11 Å². The summed E-state index contributed by atoms with van der Waals surface area (Å²) in [4.78, 5) is 14.8. The zero-order valence-corrected chi connectivity index (χ0v) is 18.6. The number of aromatic nitrogens is 2. The average Bonchev–Trinajstić information content (AvgIpc) is 3.25. The van der Waals surface area contributed by atoms with Crippen molar-refractivity contribution in [3.8, 4) is 5.75 Å². The van der Waals surface area contributed by atoms with Gasteiger partial charge in [0, 0.05) is 17.8 Å². The van der Waals surface area contributed by atoms with E-state index in [4.69, 9.17) is 17.0 Å². The zero-order valence-electron chi connectivity index (χ0n) is 16.2. The molecule has 6 nitrogen and oxygen atoms in total. The summed E-state index contributed by atoms with van der Waals surface area (Å²) in [6, 6.07) is 6.08. The van der Waals surface area contributed by atoms with Crippen molar-refractivity contribution in [2.24, 2.45) is 0 Å². The van der Waals surface area contributed by atoms with Gasteiger partial charge in [-0.15, -0.1) is 0 Å². The van der Waals surface area contributed by atoms with Gasteiger partial charge in [-0.1, -0.05) is 25.3 Å². The fraction of sp³-hybridized carbons (Fsp3) is 0.381. The molecule has 0 bridgehead atoms. The third-order valence-electron chi connectivity index (χ3n) is 5.40. The second kappa shape index (κ2) is 8.67. The summed E-state index contributed by atoms with van der Waals surface area (Å²) in [5.74, 6) is 0.749. The number of nitrogens with one attached hydrogen (secondary N) is 1. The summed E-state index contributed by atoms with van der Waals surface area (Å²) >= 11 is 8.88. The normalized spacial score (nSPS) is 19.1. The number of rotatable bonds is 5. The molecule has 1 aromatic heterocycles. The molecule has 1 saturated heterocycles. The van der Waals surface area contributed by atoms with E-state index < -0.39 is 0 Å². The standard InChI is InChI=1S/C21H23BrN4O2S/c1-28-19-8-7-14(9-15(19)12-25-13-16(22)11-23-25)10-18-20(27)26(21(29)24-18)17-5-3-2-4-6-17/h7-11,13,17H,2-6,12H2,1H3,(H,24,29)/b18-10+. The lowest BCUT2D eigenvalue weighted by Gasteiger charge is -2.29. The monoisotopic (exact) mass is 474 g/mol. The maximum atomic E-state index is 13.0. The molecule has 4 rings (SSSR count). The van der Waals surface area contributed by atoms with Crippen LogP contribution in [0.1, 0.15) is 43.2 Å². The van der Waals surface area contributed by atoms with E-state index in [1.807, 2.05) is 35.2 Å². The van der Waals surface area contributed by atoms with Gasteiger partial charge >= 0.3 is 0 Å². The van der Waals surface area contributed by atoms with Crippen LogP contribution in [0.2, 0.25) is 0 Å². The number of carbonyl (C=O) groups excluding carboxylic acids is 1. The SMILES string of the molecule is COc1ccc(/C=C2/NC(=S)N(C3CCCCC3)C2=O)cc1Cn1cc(Br)cn1. The minimum atomic E-state index is -0.0322. The highest BCUT2D eigenvalue weighted by Gasteiger charge is 2.36. The summed E-state index contributed by atoms with van der Waals surface area (Å²) in [6.07, 6.45) is 11.1. The highest BCUT2D eigenvalue weighted by atomic mass is 79.9. The number of nitrogens with zero attached hydrogens (tertiary/aromatic N) is 3. The van der Waals surface area contributed by atoms with E-state index in [0.717, 1.165) is 47.0 Å². The molecule has 29 heavy (non-hydrogen) atoms. The molecule has 2 aromatic rings. The van der Waals surface area contributed by atoms with E-state index in [1.165, 1.54) is 6.42 Å². The van der Waals surface area contributed by atoms with Gasteiger partial charge in [-0.25, -0.2) is 0 Å². The maximum Gasteiger partial charge on any atom is 0.276 e. The van der Waals surface area contributed by atoms with E-state index in [1.54, 1.807) is 18.2 Å². The van der Waals surface area contributed by atoms with Gasteiger partial charge in [0.05, 0.1) is 24.3 Å². The van der Waals surface area contributed by atoms with Gasteiger partial charge in [0.2, 0.25) is 0 Å². The van der Waals surface area contributed by atoms with Gasteiger partial charge < -0.3 is 10.1 Å². The zero-order chi connectivity index (χ0) is 20.4. The number of amides is 1. The topological polar surface area (TPSA) is 59.4 Å². The Labute approximate surface area is 184 Å². The number of ether oxygens (including phenoxy) is 1. The molecule has 1 aromatic carbocycles. The van der Waals surface area contributed by atoms with Crippen LogP contribution in [0.5, 0.6) is 5.75 Å². The van der Waals surface area contributed by atoms with Gasteiger partial charge in [-0.05, 0) is 64.8 Å².